The van der Waals surface area contributed by atoms with Gasteiger partial charge in [0.25, 0.3) is 11.8 Å². The molecule has 0 bridgehead atoms. The summed E-state index contributed by atoms with van der Waals surface area (Å²) in [5, 5.41) is 12.3. The Bertz CT molecular complexity index is 1040. The number of nitrogens with zero attached hydrogens (tertiary/aromatic N) is 4. The van der Waals surface area contributed by atoms with Crippen LogP contribution in [0.25, 0.3) is 0 Å². The van der Waals surface area contributed by atoms with Gasteiger partial charge in [-0.15, -0.1) is 0 Å². The average Bonchev–Trinajstić information content (AvgIpc) is 3.20. The highest BCUT2D eigenvalue weighted by molar-refractivity contribution is 9.10. The van der Waals surface area contributed by atoms with E-state index < -0.39 is 29.8 Å². The normalized spacial score (nSPS) is 20.4. The molecule has 29 heavy (non-hydrogen) atoms. The lowest BCUT2D eigenvalue weighted by atomic mass is 10.1. The Morgan fingerprint density at radius 3 is 2.62 bits per heavy atom. The summed E-state index contributed by atoms with van der Waals surface area (Å²) in [7, 11) is 0. The topological polar surface area (TPSA) is 94.4 Å². The SMILES string of the molecule is Cc1c(Cl)cccc1NC(=O)CN1N=N[C@@H]2C(=O)N(c3ccc(Br)cc3)C(=O)[C@H]21. The van der Waals surface area contributed by atoms with E-state index in [1.54, 1.807) is 49.4 Å². The van der Waals surface area contributed by atoms with Crippen molar-refractivity contribution in [2.24, 2.45) is 10.3 Å². The number of fused-ring (bicyclic) bond motifs is 1. The summed E-state index contributed by atoms with van der Waals surface area (Å²) < 4.78 is 0.829. The fraction of sp³-hybridized carbons (Fsp3) is 0.211. The van der Waals surface area contributed by atoms with Gasteiger partial charge in [-0.25, -0.2) is 4.90 Å². The van der Waals surface area contributed by atoms with Crippen LogP contribution < -0.4 is 10.2 Å². The first-order valence-corrected chi connectivity index (χ1v) is 9.89. The molecule has 0 radical (unpaired) electrons. The van der Waals surface area contributed by atoms with Crippen molar-refractivity contribution in [3.05, 3.63) is 57.5 Å². The van der Waals surface area contributed by atoms with Crippen molar-refractivity contribution in [2.45, 2.75) is 19.0 Å². The van der Waals surface area contributed by atoms with Gasteiger partial charge in [-0.05, 0) is 48.9 Å². The maximum absolute atomic E-state index is 12.9. The van der Waals surface area contributed by atoms with Gasteiger partial charge < -0.3 is 5.32 Å². The third-order valence-electron chi connectivity index (χ3n) is 4.79. The molecule has 1 saturated heterocycles. The third kappa shape index (κ3) is 3.51. The predicted octanol–water partition coefficient (Wildman–Crippen LogP) is 3.34. The standard InChI is InChI=1S/C19H15BrClN5O3/c1-10-13(21)3-2-4-14(10)22-15(27)9-25-17-16(23-24-25)18(28)26(19(17)29)12-7-5-11(20)6-8-12/h2-8,16-17H,9H2,1H3,(H,22,27)/t16-,17-/m0/s1. The van der Waals surface area contributed by atoms with Crippen LogP contribution in [0.1, 0.15) is 5.56 Å². The van der Waals surface area contributed by atoms with Crippen molar-refractivity contribution >= 4 is 56.6 Å². The van der Waals surface area contributed by atoms with Crippen molar-refractivity contribution in [2.75, 3.05) is 16.8 Å². The van der Waals surface area contributed by atoms with E-state index >= 15 is 0 Å². The minimum Gasteiger partial charge on any atom is -0.324 e. The molecule has 2 aliphatic heterocycles. The number of benzene rings is 2. The first-order valence-electron chi connectivity index (χ1n) is 8.72. The zero-order valence-electron chi connectivity index (χ0n) is 15.2. The Balaban J connectivity index is 1.49. The Labute approximate surface area is 179 Å². The molecule has 0 aromatic heterocycles. The molecule has 148 valence electrons. The Kier molecular flexibility index (Phi) is 5.10. The summed E-state index contributed by atoms with van der Waals surface area (Å²) in [5.74, 6) is -1.31. The molecule has 2 aromatic carbocycles. The van der Waals surface area contributed by atoms with Crippen molar-refractivity contribution in [3.63, 3.8) is 0 Å². The number of halogens is 2. The number of anilines is 2. The molecule has 8 nitrogen and oxygen atoms in total. The zero-order valence-corrected chi connectivity index (χ0v) is 17.5. The lowest BCUT2D eigenvalue weighted by molar-refractivity contribution is -0.123. The second-order valence-electron chi connectivity index (χ2n) is 6.64. The molecule has 1 N–H and O–H groups in total. The fourth-order valence-corrected chi connectivity index (χ4v) is 3.72. The molecule has 0 saturated carbocycles. The monoisotopic (exact) mass is 475 g/mol. The van der Waals surface area contributed by atoms with Gasteiger partial charge in [0.05, 0.1) is 5.69 Å². The van der Waals surface area contributed by atoms with Crippen LogP contribution in [-0.4, -0.2) is 41.4 Å². The van der Waals surface area contributed by atoms with Gasteiger partial charge in [-0.2, -0.15) is 5.11 Å². The van der Waals surface area contributed by atoms with E-state index in [-0.39, 0.29) is 6.54 Å². The molecule has 4 rings (SSSR count). The molecular weight excluding hydrogens is 462 g/mol. The molecular formula is C19H15BrClN5O3. The van der Waals surface area contributed by atoms with Gasteiger partial charge in [0.1, 0.15) is 6.54 Å². The highest BCUT2D eigenvalue weighted by Gasteiger charge is 2.55. The predicted molar refractivity (Wildman–Crippen MR) is 111 cm³/mol. The molecule has 0 aliphatic carbocycles. The Morgan fingerprint density at radius 2 is 1.90 bits per heavy atom. The van der Waals surface area contributed by atoms with Crippen molar-refractivity contribution in [1.29, 1.82) is 0 Å². The van der Waals surface area contributed by atoms with Gasteiger partial charge >= 0.3 is 0 Å². The summed E-state index contributed by atoms with van der Waals surface area (Å²) in [6.07, 6.45) is 0. The van der Waals surface area contributed by atoms with Gasteiger partial charge in [0.15, 0.2) is 12.1 Å². The molecule has 2 atom stereocenters. The fourth-order valence-electron chi connectivity index (χ4n) is 3.28. The summed E-state index contributed by atoms with van der Waals surface area (Å²) in [4.78, 5) is 39.2. The Hall–Kier alpha value is -2.78. The van der Waals surface area contributed by atoms with Crippen LogP contribution in [0.4, 0.5) is 11.4 Å². The summed E-state index contributed by atoms with van der Waals surface area (Å²) in [6.45, 7) is 1.57. The summed E-state index contributed by atoms with van der Waals surface area (Å²) >= 11 is 9.40. The number of carbonyl (C=O) groups is 3. The van der Waals surface area contributed by atoms with E-state index in [4.69, 9.17) is 11.6 Å². The number of hydrogen-bond acceptors (Lipinski definition) is 6. The molecule has 2 heterocycles. The van der Waals surface area contributed by atoms with Crippen LogP contribution in [0.5, 0.6) is 0 Å². The molecule has 0 unspecified atom stereocenters. The van der Waals surface area contributed by atoms with E-state index in [1.165, 1.54) is 5.01 Å². The number of amides is 3. The molecule has 10 heteroatoms. The molecule has 3 amide bonds. The van der Waals surface area contributed by atoms with E-state index in [2.05, 4.69) is 31.6 Å². The first-order chi connectivity index (χ1) is 13.9. The molecule has 0 spiro atoms. The van der Waals surface area contributed by atoms with Crippen LogP contribution in [0.2, 0.25) is 5.02 Å². The molecule has 2 aromatic rings. The zero-order chi connectivity index (χ0) is 20.7. The maximum atomic E-state index is 12.9. The van der Waals surface area contributed by atoms with Crippen LogP contribution >= 0.6 is 27.5 Å². The lowest BCUT2D eigenvalue weighted by Gasteiger charge is -2.20. The number of rotatable bonds is 4. The van der Waals surface area contributed by atoms with Gasteiger partial charge in [-0.3, -0.25) is 19.4 Å². The van der Waals surface area contributed by atoms with Crippen LogP contribution in [0, 0.1) is 6.92 Å². The van der Waals surface area contributed by atoms with Crippen LogP contribution in [0.15, 0.2) is 57.3 Å². The highest BCUT2D eigenvalue weighted by Crippen LogP contribution is 2.32. The summed E-state index contributed by atoms with van der Waals surface area (Å²) in [5.41, 5.74) is 1.75. The van der Waals surface area contributed by atoms with Gasteiger partial charge in [0.2, 0.25) is 5.91 Å². The average molecular weight is 477 g/mol. The van der Waals surface area contributed by atoms with Gasteiger partial charge in [0, 0.05) is 15.2 Å². The number of carbonyl (C=O) groups excluding carboxylic acids is 3. The highest BCUT2D eigenvalue weighted by atomic mass is 79.9. The minimum atomic E-state index is -0.952. The van der Waals surface area contributed by atoms with Crippen molar-refractivity contribution < 1.29 is 14.4 Å². The van der Waals surface area contributed by atoms with E-state index in [1.807, 2.05) is 0 Å². The van der Waals surface area contributed by atoms with E-state index in [9.17, 15) is 14.4 Å². The van der Waals surface area contributed by atoms with Crippen LogP contribution in [0.3, 0.4) is 0 Å². The number of imide groups is 1. The minimum absolute atomic E-state index is 0.218. The third-order valence-corrected chi connectivity index (χ3v) is 5.73. The maximum Gasteiger partial charge on any atom is 0.263 e. The van der Waals surface area contributed by atoms with E-state index in [0.29, 0.717) is 16.4 Å². The largest absolute Gasteiger partial charge is 0.324 e. The second-order valence-corrected chi connectivity index (χ2v) is 7.96. The molecule has 1 fully saturated rings. The quantitative estimate of drug-likeness (QED) is 0.685. The smallest absolute Gasteiger partial charge is 0.263 e. The summed E-state index contributed by atoms with van der Waals surface area (Å²) in [6, 6.07) is 10.1. The second kappa shape index (κ2) is 7.57. The number of hydrogen-bond donors (Lipinski definition) is 1. The van der Waals surface area contributed by atoms with Crippen LogP contribution in [-0.2, 0) is 14.4 Å². The Morgan fingerprint density at radius 1 is 1.17 bits per heavy atom. The van der Waals surface area contributed by atoms with Crippen molar-refractivity contribution in [3.8, 4) is 0 Å². The molecule has 2 aliphatic rings. The first kappa shape index (κ1) is 19.5. The van der Waals surface area contributed by atoms with E-state index in [0.717, 1.165) is 14.9 Å². The lowest BCUT2D eigenvalue weighted by Crippen LogP contribution is -2.43. The van der Waals surface area contributed by atoms with Gasteiger partial charge in [-0.1, -0.05) is 38.8 Å². The van der Waals surface area contributed by atoms with Crippen molar-refractivity contribution in [1.82, 2.24) is 5.01 Å². The number of nitrogens with one attached hydrogen (secondary N) is 1.